The smallest absolute Gasteiger partial charge is 0.0724 e. The van der Waals surface area contributed by atoms with Crippen LogP contribution in [0.3, 0.4) is 0 Å². The molecule has 0 amide bonds. The first-order chi connectivity index (χ1) is 8.40. The van der Waals surface area contributed by atoms with E-state index in [-0.39, 0.29) is 8.57 Å². The quantitative estimate of drug-likeness (QED) is 0.129. The van der Waals surface area contributed by atoms with Crippen LogP contribution in [0.4, 0.5) is 0 Å². The van der Waals surface area contributed by atoms with E-state index in [0.717, 1.165) is 0 Å². The van der Waals surface area contributed by atoms with Crippen LogP contribution in [0, 0.1) is 3.92 Å². The summed E-state index contributed by atoms with van der Waals surface area (Å²) in [5.41, 5.74) is 0. The fourth-order valence-corrected chi connectivity index (χ4v) is 23.6. The number of rotatable bonds is 0. The summed E-state index contributed by atoms with van der Waals surface area (Å²) >= 11 is 34.8. The molecule has 119 valence electrons. The molecule has 1 saturated carbocycles. The van der Waals surface area contributed by atoms with Crippen molar-refractivity contribution in [2.45, 2.75) is 8.57 Å². The second-order valence-electron chi connectivity index (χ2n) is 3.76. The summed E-state index contributed by atoms with van der Waals surface area (Å²) in [4.78, 5) is 0. The summed E-state index contributed by atoms with van der Waals surface area (Å²) < 4.78 is 1.97. The summed E-state index contributed by atoms with van der Waals surface area (Å²) in [5, 5.41) is 0. The molecule has 20 heavy (non-hydrogen) atoms. The van der Waals surface area contributed by atoms with Crippen LogP contribution in [-0.2, 0) is 0 Å². The van der Waals surface area contributed by atoms with E-state index >= 15 is 0 Å². The molecule has 0 N–H and O–H groups in total. The van der Waals surface area contributed by atoms with Crippen LogP contribution < -0.4 is 0 Å². The van der Waals surface area contributed by atoms with Gasteiger partial charge < -0.3 is 0 Å². The largest absolute Gasteiger partial charge is 0.125 e. The summed E-state index contributed by atoms with van der Waals surface area (Å²) in [6.45, 7) is 0. The molecule has 0 saturated heterocycles. The van der Waals surface area contributed by atoms with E-state index < -0.39 is 0 Å². The lowest BCUT2D eigenvalue weighted by atomic mass is 10.2. The zero-order valence-electron chi connectivity index (χ0n) is 8.41. The van der Waals surface area contributed by atoms with Crippen molar-refractivity contribution in [3.8, 4) is 0 Å². The minimum Gasteiger partial charge on any atom is -0.0724 e. The van der Waals surface area contributed by atoms with Gasteiger partial charge in [-0.3, -0.25) is 0 Å². The molecule has 0 aromatic carbocycles. The monoisotopic (exact) mass is 1730 g/mol. The lowest BCUT2D eigenvalue weighted by molar-refractivity contribution is 0.779. The first kappa shape index (κ1) is 27.5. The van der Waals surface area contributed by atoms with Crippen LogP contribution in [0.1, 0.15) is 0 Å². The predicted molar refractivity (Wildman–Crippen MR) is 202 cm³/mol. The van der Waals surface area contributed by atoms with Crippen molar-refractivity contribution in [3.05, 3.63) is 3.92 Å². The van der Waals surface area contributed by atoms with Crippen LogP contribution in [-0.4, -0.2) is 8.57 Å². The molecule has 0 aromatic heterocycles. The van der Waals surface area contributed by atoms with E-state index in [9.17, 15) is 0 Å². The van der Waals surface area contributed by atoms with Gasteiger partial charge in [-0.25, -0.2) is 0 Å². The zero-order valence-corrected chi connectivity index (χ0v) is 36.5. The molecular formula is C7I13. The number of hydrogen-bond donors (Lipinski definition) is 0. The Morgan fingerprint density at radius 3 is 0.800 bits per heavy atom. The van der Waals surface area contributed by atoms with E-state index in [0.29, 0.717) is 0 Å². The van der Waals surface area contributed by atoms with Crippen molar-refractivity contribution in [3.63, 3.8) is 0 Å². The molecule has 0 heterocycles. The summed E-state index contributed by atoms with van der Waals surface area (Å²) in [6, 6.07) is 0. The van der Waals surface area contributed by atoms with Gasteiger partial charge in [-0.05, 0) is 0 Å². The van der Waals surface area contributed by atoms with Crippen molar-refractivity contribution < 1.29 is 0 Å². The van der Waals surface area contributed by atoms with E-state index in [4.69, 9.17) is 0 Å². The van der Waals surface area contributed by atoms with Gasteiger partial charge in [0.2, 0.25) is 0 Å². The average molecular weight is 1730 g/mol. The van der Waals surface area contributed by atoms with Gasteiger partial charge >= 0.3 is 0 Å². The molecule has 13 heteroatoms. The molecule has 1 aliphatic rings. The van der Waals surface area contributed by atoms with Crippen molar-refractivity contribution >= 4 is 294 Å². The normalized spacial score (nSPS) is 33.5. The Balaban J connectivity index is 3.83. The highest BCUT2D eigenvalue weighted by Gasteiger charge is 2.79. The average Bonchev–Trinajstić information content (AvgIpc) is 2.25. The van der Waals surface area contributed by atoms with Gasteiger partial charge in [-0.15, -0.1) is 0 Å². The third-order valence-electron chi connectivity index (χ3n) is 2.52. The fraction of sp³-hybridized carbons (Fsp3) is 0.857. The SMILES string of the molecule is I[C]1C(I)(I)C(I)(I)C(I)(I)C(I)(I)C(I)(I)C1(I)I. The van der Waals surface area contributed by atoms with Gasteiger partial charge in [0.1, 0.15) is 8.57 Å². The number of hydrogen-bond acceptors (Lipinski definition) is 0. The predicted octanol–water partition coefficient (Wildman–Crippen LogP) is 10.4. The highest BCUT2D eigenvalue weighted by molar-refractivity contribution is 14.2. The van der Waals surface area contributed by atoms with Crippen LogP contribution in [0.15, 0.2) is 0 Å². The van der Waals surface area contributed by atoms with Crippen molar-refractivity contribution in [1.29, 1.82) is 0 Å². The maximum Gasteiger partial charge on any atom is 0.125 e. The van der Waals surface area contributed by atoms with Crippen LogP contribution >= 0.6 is 294 Å². The standard InChI is InChI=1S/C7I13/c8-1-2(9,10)4(13,14)6(17,18)7(19,20)5(15,16)3(1,11)12. The van der Waals surface area contributed by atoms with Gasteiger partial charge in [0.25, 0.3) is 0 Å². The fourth-order valence-electron chi connectivity index (χ4n) is 1.26. The third-order valence-corrected chi connectivity index (χ3v) is 47.2. The molecular weight excluding hydrogens is 1730 g/mol. The molecule has 0 aromatic rings. The summed E-state index contributed by atoms with van der Waals surface area (Å²) in [5.74, 6) is 0. The topological polar surface area (TPSA) is 0 Å². The summed E-state index contributed by atoms with van der Waals surface area (Å²) in [6.07, 6.45) is 0. The molecule has 0 aliphatic heterocycles. The van der Waals surface area contributed by atoms with Crippen molar-refractivity contribution in [2.75, 3.05) is 0 Å². The minimum absolute atomic E-state index is 0.0641. The zero-order chi connectivity index (χ0) is 16.6. The number of alkyl halides is 12. The van der Waals surface area contributed by atoms with Gasteiger partial charge in [0, 0.05) is 0 Å². The Labute approximate surface area is 296 Å². The maximum absolute atomic E-state index is 2.69. The Kier molecular flexibility index (Phi) is 12.6. The third kappa shape index (κ3) is 4.36. The van der Waals surface area contributed by atoms with Gasteiger partial charge in [-0.2, -0.15) is 0 Å². The minimum atomic E-state index is 0.0641. The van der Waals surface area contributed by atoms with E-state index in [1.807, 2.05) is 0 Å². The molecule has 1 radical (unpaired) electrons. The Morgan fingerprint density at radius 2 is 0.600 bits per heavy atom. The van der Waals surface area contributed by atoms with Gasteiger partial charge in [-0.1, -0.05) is 294 Å². The van der Waals surface area contributed by atoms with Crippen molar-refractivity contribution in [1.82, 2.24) is 0 Å². The Hall–Kier alpha value is 9.49. The van der Waals surface area contributed by atoms with Gasteiger partial charge in [0.15, 0.2) is 0 Å². The second kappa shape index (κ2) is 9.16. The second-order valence-corrected chi connectivity index (χ2v) is 36.6. The Morgan fingerprint density at radius 1 is 0.400 bits per heavy atom. The first-order valence-corrected chi connectivity index (χ1v) is 18.2. The van der Waals surface area contributed by atoms with Crippen molar-refractivity contribution in [2.24, 2.45) is 0 Å². The molecule has 1 fully saturated rings. The Bertz CT molecular complexity index is 369. The highest BCUT2D eigenvalue weighted by Crippen LogP contribution is 2.82. The molecule has 0 nitrogen and oxygen atoms in total. The lowest BCUT2D eigenvalue weighted by Gasteiger charge is -2.50. The maximum atomic E-state index is 2.69. The highest BCUT2D eigenvalue weighted by atomic mass is 127. The van der Waals surface area contributed by atoms with E-state index in [1.165, 1.54) is 3.92 Å². The van der Waals surface area contributed by atoms with Crippen LogP contribution in [0.2, 0.25) is 0 Å². The number of halogens is 13. The molecule has 1 rings (SSSR count). The molecule has 0 bridgehead atoms. The van der Waals surface area contributed by atoms with E-state index in [1.54, 1.807) is 0 Å². The molecule has 0 unspecified atom stereocenters. The van der Waals surface area contributed by atoms with E-state index in [2.05, 4.69) is 294 Å². The molecule has 0 atom stereocenters. The molecule has 0 spiro atoms. The first-order valence-electron chi connectivity index (χ1n) is 4.21. The lowest BCUT2D eigenvalue weighted by Crippen LogP contribution is -2.58. The van der Waals surface area contributed by atoms with Crippen LogP contribution in [0.25, 0.3) is 0 Å². The summed E-state index contributed by atoms with van der Waals surface area (Å²) in [7, 11) is 0. The van der Waals surface area contributed by atoms with Crippen LogP contribution in [0.5, 0.6) is 0 Å². The van der Waals surface area contributed by atoms with Gasteiger partial charge in [0.05, 0.1) is 3.92 Å². The molecule has 1 aliphatic carbocycles.